The Labute approximate surface area is 155 Å². The second kappa shape index (κ2) is 8.31. The lowest BCUT2D eigenvalue weighted by Crippen LogP contribution is -2.30. The number of ether oxygens (including phenoxy) is 1. The third-order valence-electron chi connectivity index (χ3n) is 4.51. The molecular formula is C20H25NO4S. The third kappa shape index (κ3) is 5.38. The number of nitrogens with zero attached hydrogens (tertiary/aromatic N) is 1. The SMILES string of the molecule is CN1CC[C@H]2O[C@H]2C1.Cc1ccc(S(=O)(=O)OCc2ccccc2)cc1. The standard InChI is InChI=1S/C14H14O3S.C6H11NO/c1-12-7-9-14(10-8-12)18(15,16)17-11-13-5-3-2-4-6-13;1-7-3-2-5-6(4-7)8-5/h2-10H,11H2,1H3;5-6H,2-4H2,1H3/t;5-,6+/m.1/s1. The molecule has 26 heavy (non-hydrogen) atoms. The average Bonchev–Trinajstić information content (AvgIpc) is 3.40. The van der Waals surface area contributed by atoms with E-state index in [0.29, 0.717) is 12.2 Å². The summed E-state index contributed by atoms with van der Waals surface area (Å²) in [7, 11) is -1.52. The van der Waals surface area contributed by atoms with Gasteiger partial charge in [0.2, 0.25) is 0 Å². The van der Waals surface area contributed by atoms with Gasteiger partial charge in [-0.25, -0.2) is 0 Å². The van der Waals surface area contributed by atoms with Gasteiger partial charge in [-0.05, 0) is 38.1 Å². The van der Waals surface area contributed by atoms with Crippen LogP contribution in [-0.2, 0) is 25.6 Å². The molecule has 4 rings (SSSR count). The molecular weight excluding hydrogens is 350 g/mol. The van der Waals surface area contributed by atoms with Crippen LogP contribution in [0.2, 0.25) is 0 Å². The Bertz CT molecular complexity index is 805. The Morgan fingerprint density at radius 2 is 1.77 bits per heavy atom. The summed E-state index contributed by atoms with van der Waals surface area (Å²) in [5, 5.41) is 0. The number of rotatable bonds is 4. The van der Waals surface area contributed by atoms with Gasteiger partial charge < -0.3 is 9.64 Å². The molecule has 2 aromatic rings. The summed E-state index contributed by atoms with van der Waals surface area (Å²) < 4.78 is 34.1. The normalized spacial score (nSPS) is 22.1. The van der Waals surface area contributed by atoms with Crippen molar-refractivity contribution in [3.8, 4) is 0 Å². The minimum Gasteiger partial charge on any atom is -0.368 e. The van der Waals surface area contributed by atoms with Gasteiger partial charge in [-0.3, -0.25) is 4.18 Å². The van der Waals surface area contributed by atoms with Crippen LogP contribution in [0.5, 0.6) is 0 Å². The van der Waals surface area contributed by atoms with Gasteiger partial charge in [0.15, 0.2) is 0 Å². The number of fused-ring (bicyclic) bond motifs is 1. The van der Waals surface area contributed by atoms with Crippen LogP contribution in [-0.4, -0.2) is 45.7 Å². The number of hydrogen-bond donors (Lipinski definition) is 0. The Balaban J connectivity index is 0.000000201. The second-order valence-electron chi connectivity index (χ2n) is 6.78. The molecule has 2 fully saturated rings. The molecule has 0 spiro atoms. The number of hydrogen-bond acceptors (Lipinski definition) is 5. The average molecular weight is 375 g/mol. The topological polar surface area (TPSA) is 59.1 Å². The molecule has 0 amide bonds. The van der Waals surface area contributed by atoms with Crippen LogP contribution in [0.1, 0.15) is 17.5 Å². The van der Waals surface area contributed by atoms with Gasteiger partial charge in [0.05, 0.1) is 23.7 Å². The Morgan fingerprint density at radius 1 is 1.08 bits per heavy atom. The fourth-order valence-electron chi connectivity index (χ4n) is 2.83. The summed E-state index contributed by atoms with van der Waals surface area (Å²) >= 11 is 0. The number of epoxide rings is 1. The molecule has 2 aliphatic heterocycles. The number of piperidine rings is 1. The summed E-state index contributed by atoms with van der Waals surface area (Å²) in [6.45, 7) is 4.34. The lowest BCUT2D eigenvalue weighted by Gasteiger charge is -2.17. The van der Waals surface area contributed by atoms with Crippen LogP contribution in [0.4, 0.5) is 0 Å². The van der Waals surface area contributed by atoms with E-state index in [0.717, 1.165) is 17.7 Å². The highest BCUT2D eigenvalue weighted by molar-refractivity contribution is 7.86. The van der Waals surface area contributed by atoms with E-state index in [4.69, 9.17) is 8.92 Å². The molecule has 0 radical (unpaired) electrons. The van der Waals surface area contributed by atoms with E-state index in [1.54, 1.807) is 24.3 Å². The molecule has 5 nitrogen and oxygen atoms in total. The van der Waals surface area contributed by atoms with E-state index in [9.17, 15) is 8.42 Å². The van der Waals surface area contributed by atoms with Crippen molar-refractivity contribution in [1.29, 1.82) is 0 Å². The van der Waals surface area contributed by atoms with E-state index >= 15 is 0 Å². The molecule has 0 saturated carbocycles. The van der Waals surface area contributed by atoms with Crippen molar-refractivity contribution in [2.45, 2.75) is 37.1 Å². The Kier molecular flexibility index (Phi) is 6.09. The zero-order chi connectivity index (χ0) is 18.6. The maximum absolute atomic E-state index is 11.9. The van der Waals surface area contributed by atoms with E-state index in [-0.39, 0.29) is 11.5 Å². The highest BCUT2D eigenvalue weighted by atomic mass is 32.2. The molecule has 0 aliphatic carbocycles. The van der Waals surface area contributed by atoms with Gasteiger partial charge in [-0.2, -0.15) is 8.42 Å². The highest BCUT2D eigenvalue weighted by Crippen LogP contribution is 2.29. The maximum atomic E-state index is 11.9. The van der Waals surface area contributed by atoms with Gasteiger partial charge in [0.1, 0.15) is 0 Å². The zero-order valence-electron chi connectivity index (χ0n) is 15.2. The Hall–Kier alpha value is -1.73. The third-order valence-corrected chi connectivity index (χ3v) is 5.79. The zero-order valence-corrected chi connectivity index (χ0v) is 16.0. The van der Waals surface area contributed by atoms with Crippen LogP contribution in [0.25, 0.3) is 0 Å². The first-order valence-corrected chi connectivity index (χ1v) is 10.2. The number of benzene rings is 2. The van der Waals surface area contributed by atoms with Gasteiger partial charge in [0.25, 0.3) is 10.1 Å². The maximum Gasteiger partial charge on any atom is 0.297 e. The quantitative estimate of drug-likeness (QED) is 0.607. The predicted octanol–water partition coefficient (Wildman–Crippen LogP) is 2.99. The highest BCUT2D eigenvalue weighted by Gasteiger charge is 2.42. The van der Waals surface area contributed by atoms with Crippen molar-refractivity contribution < 1.29 is 17.3 Å². The largest absolute Gasteiger partial charge is 0.368 e. The van der Waals surface area contributed by atoms with Crippen LogP contribution >= 0.6 is 0 Å². The fourth-order valence-corrected chi connectivity index (χ4v) is 3.73. The molecule has 2 atom stereocenters. The van der Waals surface area contributed by atoms with Gasteiger partial charge in [-0.15, -0.1) is 0 Å². The number of aryl methyl sites for hydroxylation is 1. The van der Waals surface area contributed by atoms with Gasteiger partial charge in [0, 0.05) is 13.1 Å². The monoisotopic (exact) mass is 375 g/mol. The smallest absolute Gasteiger partial charge is 0.297 e. The number of likely N-dealkylation sites (tertiary alicyclic amines) is 1. The summed E-state index contributed by atoms with van der Waals surface area (Å²) in [5.74, 6) is 0. The Morgan fingerprint density at radius 3 is 2.38 bits per heavy atom. The molecule has 140 valence electrons. The molecule has 6 heteroatoms. The van der Waals surface area contributed by atoms with Crippen molar-refractivity contribution in [2.24, 2.45) is 0 Å². The predicted molar refractivity (Wildman–Crippen MR) is 100 cm³/mol. The van der Waals surface area contributed by atoms with E-state index in [1.165, 1.54) is 13.0 Å². The van der Waals surface area contributed by atoms with E-state index in [2.05, 4.69) is 11.9 Å². The molecule has 2 heterocycles. The number of likely N-dealkylation sites (N-methyl/N-ethyl adjacent to an activating group) is 1. The van der Waals surface area contributed by atoms with Crippen molar-refractivity contribution in [3.05, 3.63) is 65.7 Å². The van der Waals surface area contributed by atoms with Crippen molar-refractivity contribution in [2.75, 3.05) is 20.1 Å². The summed E-state index contributed by atoms with van der Waals surface area (Å²) in [5.41, 5.74) is 1.84. The van der Waals surface area contributed by atoms with E-state index < -0.39 is 10.1 Å². The van der Waals surface area contributed by atoms with Crippen LogP contribution in [0, 0.1) is 6.92 Å². The first kappa shape index (κ1) is 19.0. The molecule has 0 unspecified atom stereocenters. The lowest BCUT2D eigenvalue weighted by molar-refractivity contribution is 0.296. The van der Waals surface area contributed by atoms with Crippen LogP contribution in [0.15, 0.2) is 59.5 Å². The second-order valence-corrected chi connectivity index (χ2v) is 8.39. The summed E-state index contributed by atoms with van der Waals surface area (Å²) in [6.07, 6.45) is 2.50. The fraction of sp³-hybridized carbons (Fsp3) is 0.400. The molecule has 0 bridgehead atoms. The van der Waals surface area contributed by atoms with Crippen LogP contribution < -0.4 is 0 Å². The lowest BCUT2D eigenvalue weighted by atomic mass is 10.1. The van der Waals surface area contributed by atoms with Crippen molar-refractivity contribution in [3.63, 3.8) is 0 Å². The molecule has 0 aromatic heterocycles. The molecule has 2 aromatic carbocycles. The molecule has 0 N–H and O–H groups in total. The van der Waals surface area contributed by atoms with Crippen molar-refractivity contribution >= 4 is 10.1 Å². The summed E-state index contributed by atoms with van der Waals surface area (Å²) in [4.78, 5) is 2.51. The molecule has 2 saturated heterocycles. The van der Waals surface area contributed by atoms with E-state index in [1.807, 2.05) is 37.3 Å². The minimum absolute atomic E-state index is 0.0526. The van der Waals surface area contributed by atoms with Crippen LogP contribution in [0.3, 0.4) is 0 Å². The van der Waals surface area contributed by atoms with Crippen molar-refractivity contribution in [1.82, 2.24) is 4.90 Å². The van der Waals surface area contributed by atoms with Gasteiger partial charge in [-0.1, -0.05) is 48.0 Å². The van der Waals surface area contributed by atoms with Gasteiger partial charge >= 0.3 is 0 Å². The first-order chi connectivity index (χ1) is 12.4. The summed E-state index contributed by atoms with van der Waals surface area (Å²) in [6, 6.07) is 15.8. The molecule has 2 aliphatic rings. The minimum atomic E-state index is -3.68. The first-order valence-electron chi connectivity index (χ1n) is 8.78.